The summed E-state index contributed by atoms with van der Waals surface area (Å²) in [5.41, 5.74) is 1.18. The second-order valence-electron chi connectivity index (χ2n) is 8.36. The lowest BCUT2D eigenvalue weighted by atomic mass is 9.95. The van der Waals surface area contributed by atoms with E-state index in [-0.39, 0.29) is 28.3 Å². The van der Waals surface area contributed by atoms with Crippen LogP contribution < -0.4 is 14.9 Å². The molecule has 4 aromatic rings. The van der Waals surface area contributed by atoms with Crippen molar-refractivity contribution in [2.24, 2.45) is 4.99 Å². The van der Waals surface area contributed by atoms with E-state index in [1.54, 1.807) is 12.1 Å². The van der Waals surface area contributed by atoms with E-state index in [0.717, 1.165) is 16.9 Å². The predicted molar refractivity (Wildman–Crippen MR) is 139 cm³/mol. The van der Waals surface area contributed by atoms with Crippen molar-refractivity contribution in [2.75, 3.05) is 7.11 Å². The first-order valence-corrected chi connectivity index (χ1v) is 12.4. The summed E-state index contributed by atoms with van der Waals surface area (Å²) in [6, 6.07) is 15.3. The van der Waals surface area contributed by atoms with Crippen LogP contribution in [0.2, 0.25) is 0 Å². The standard InChI is InChI=1S/C27H21N3O7S/c1-3-19-23(26(33)36-2)24(15-7-5-4-6-8-15)29-25(32)22(38-27(29)28-19)14-17-10-12-21(37-17)18-13-16(30(34)35)9-11-20(18)31/h4-14,24,31H,3H2,1-2H3/b22-14-/t24-/m0/s1. The number of thiazole rings is 1. The van der Waals surface area contributed by atoms with Crippen LogP contribution in [-0.4, -0.2) is 27.7 Å². The van der Waals surface area contributed by atoms with Gasteiger partial charge in [0.25, 0.3) is 11.2 Å². The molecule has 2 aromatic carbocycles. The fourth-order valence-electron chi connectivity index (χ4n) is 4.35. The number of aromatic hydroxyl groups is 1. The number of esters is 1. The molecule has 10 nitrogen and oxygen atoms in total. The maximum absolute atomic E-state index is 13.7. The van der Waals surface area contributed by atoms with Crippen molar-refractivity contribution in [3.63, 3.8) is 0 Å². The first kappa shape index (κ1) is 24.9. The van der Waals surface area contributed by atoms with Gasteiger partial charge in [-0.15, -0.1) is 0 Å². The summed E-state index contributed by atoms with van der Waals surface area (Å²) in [7, 11) is 1.30. The molecule has 1 aliphatic rings. The zero-order valence-corrected chi connectivity index (χ0v) is 21.1. The Morgan fingerprint density at radius 1 is 1.24 bits per heavy atom. The number of hydrogen-bond donors (Lipinski definition) is 1. The number of methoxy groups -OCH3 is 1. The van der Waals surface area contributed by atoms with Gasteiger partial charge in [-0.05, 0) is 30.2 Å². The van der Waals surface area contributed by atoms with Crippen LogP contribution in [0.5, 0.6) is 5.75 Å². The molecular formula is C27H21N3O7S. The zero-order valence-electron chi connectivity index (χ0n) is 20.3. The molecule has 0 unspecified atom stereocenters. The van der Waals surface area contributed by atoms with Crippen LogP contribution in [0.25, 0.3) is 17.4 Å². The van der Waals surface area contributed by atoms with Gasteiger partial charge >= 0.3 is 5.97 Å². The van der Waals surface area contributed by atoms with Gasteiger partial charge in [0.1, 0.15) is 17.3 Å². The van der Waals surface area contributed by atoms with Crippen molar-refractivity contribution >= 4 is 29.1 Å². The molecule has 0 radical (unpaired) electrons. The summed E-state index contributed by atoms with van der Waals surface area (Å²) in [6.45, 7) is 1.88. The van der Waals surface area contributed by atoms with Crippen LogP contribution >= 0.6 is 11.3 Å². The molecule has 0 aliphatic carbocycles. The number of hydrogen-bond acceptors (Lipinski definition) is 9. The number of rotatable bonds is 6. The van der Waals surface area contributed by atoms with Crippen LogP contribution in [0.4, 0.5) is 5.69 Å². The molecule has 0 bridgehead atoms. The minimum absolute atomic E-state index is 0.152. The number of non-ortho nitro benzene ring substituents is 1. The van der Waals surface area contributed by atoms with E-state index in [2.05, 4.69) is 4.99 Å². The number of benzene rings is 2. The molecule has 1 atom stereocenters. The van der Waals surface area contributed by atoms with Gasteiger partial charge in [0.05, 0.1) is 39.4 Å². The van der Waals surface area contributed by atoms with E-state index in [1.165, 1.54) is 36.0 Å². The number of aromatic nitrogens is 1. The number of allylic oxidation sites excluding steroid dienone is 1. The predicted octanol–water partition coefficient (Wildman–Crippen LogP) is 3.67. The number of carbonyl (C=O) groups excluding carboxylic acids is 1. The minimum atomic E-state index is -0.717. The molecule has 0 saturated carbocycles. The van der Waals surface area contributed by atoms with Gasteiger partial charge in [-0.2, -0.15) is 0 Å². The lowest BCUT2D eigenvalue weighted by Crippen LogP contribution is -2.40. The van der Waals surface area contributed by atoms with Gasteiger partial charge in [-0.1, -0.05) is 48.6 Å². The van der Waals surface area contributed by atoms with Gasteiger partial charge < -0.3 is 14.3 Å². The SMILES string of the molecule is CCC1=C(C(=O)OC)[C@H](c2ccccc2)n2c(s/c(=C\c3ccc(-c4cc([N+](=O)[O-])ccc4O)o3)c2=O)=N1. The first-order valence-electron chi connectivity index (χ1n) is 11.6. The topological polar surface area (TPSA) is 137 Å². The lowest BCUT2D eigenvalue weighted by molar-refractivity contribution is -0.384. The van der Waals surface area contributed by atoms with E-state index in [0.29, 0.717) is 32.8 Å². The molecule has 0 saturated heterocycles. The first-order chi connectivity index (χ1) is 18.3. The molecule has 3 heterocycles. The molecule has 192 valence electrons. The van der Waals surface area contributed by atoms with Crippen LogP contribution in [-0.2, 0) is 9.53 Å². The van der Waals surface area contributed by atoms with Crippen molar-refractivity contribution in [1.29, 1.82) is 0 Å². The maximum Gasteiger partial charge on any atom is 0.338 e. The highest BCUT2D eigenvalue weighted by Gasteiger charge is 2.33. The lowest BCUT2D eigenvalue weighted by Gasteiger charge is -2.25. The van der Waals surface area contributed by atoms with Crippen LogP contribution in [0.15, 0.2) is 86.1 Å². The monoisotopic (exact) mass is 531 g/mol. The van der Waals surface area contributed by atoms with E-state index in [1.807, 2.05) is 37.3 Å². The number of nitro groups is 1. The van der Waals surface area contributed by atoms with Gasteiger partial charge in [-0.3, -0.25) is 19.5 Å². The van der Waals surface area contributed by atoms with Crippen molar-refractivity contribution in [1.82, 2.24) is 4.57 Å². The average molecular weight is 532 g/mol. The Morgan fingerprint density at radius 3 is 2.68 bits per heavy atom. The Hall–Kier alpha value is -4.77. The van der Waals surface area contributed by atoms with E-state index in [9.17, 15) is 24.8 Å². The third-order valence-electron chi connectivity index (χ3n) is 6.12. The summed E-state index contributed by atoms with van der Waals surface area (Å²) < 4.78 is 12.7. The molecule has 1 aliphatic heterocycles. The largest absolute Gasteiger partial charge is 0.507 e. The number of ether oxygens (including phenoxy) is 1. The molecule has 11 heteroatoms. The maximum atomic E-state index is 13.7. The van der Waals surface area contributed by atoms with Crippen molar-refractivity contribution < 1.29 is 24.0 Å². The summed E-state index contributed by atoms with van der Waals surface area (Å²) in [6.07, 6.45) is 2.00. The fraction of sp³-hybridized carbons (Fsp3) is 0.148. The van der Waals surface area contributed by atoms with Gasteiger partial charge in [-0.25, -0.2) is 9.79 Å². The zero-order chi connectivity index (χ0) is 27.0. The number of nitrogens with zero attached hydrogens (tertiary/aromatic N) is 3. The third-order valence-corrected chi connectivity index (χ3v) is 7.11. The molecule has 0 spiro atoms. The third kappa shape index (κ3) is 4.33. The number of phenolic OH excluding ortho intramolecular Hbond substituents is 1. The average Bonchev–Trinajstić information content (AvgIpc) is 3.52. The Morgan fingerprint density at radius 2 is 2.00 bits per heavy atom. The number of furan rings is 1. The van der Waals surface area contributed by atoms with Crippen molar-refractivity contribution in [3.8, 4) is 17.1 Å². The Balaban J connectivity index is 1.65. The quantitative estimate of drug-likeness (QED) is 0.228. The molecule has 5 rings (SSSR count). The second-order valence-corrected chi connectivity index (χ2v) is 9.37. The number of fused-ring (bicyclic) bond motifs is 1. The number of nitro benzene ring substituents is 1. The van der Waals surface area contributed by atoms with Crippen molar-refractivity contribution in [2.45, 2.75) is 19.4 Å². The summed E-state index contributed by atoms with van der Waals surface area (Å²) in [4.78, 5) is 42.1. The molecule has 1 N–H and O–H groups in total. The van der Waals surface area contributed by atoms with E-state index in [4.69, 9.17) is 9.15 Å². The summed E-state index contributed by atoms with van der Waals surface area (Å²) >= 11 is 1.15. The second kappa shape index (κ2) is 9.94. The molecule has 0 fully saturated rings. The normalized spacial score (nSPS) is 15.2. The summed E-state index contributed by atoms with van der Waals surface area (Å²) in [5.74, 6) is -0.230. The number of phenols is 1. The fourth-order valence-corrected chi connectivity index (χ4v) is 5.35. The highest BCUT2D eigenvalue weighted by Crippen LogP contribution is 2.34. The van der Waals surface area contributed by atoms with Crippen LogP contribution in [0.3, 0.4) is 0 Å². The highest BCUT2D eigenvalue weighted by atomic mass is 32.1. The Labute approximate surface area is 219 Å². The van der Waals surface area contributed by atoms with Gasteiger partial charge in [0.2, 0.25) is 0 Å². The van der Waals surface area contributed by atoms with Crippen LogP contribution in [0.1, 0.15) is 30.7 Å². The van der Waals surface area contributed by atoms with Gasteiger partial charge in [0.15, 0.2) is 4.80 Å². The molecule has 0 amide bonds. The molecule has 2 aromatic heterocycles. The van der Waals surface area contributed by atoms with Crippen molar-refractivity contribution in [3.05, 3.63) is 113 Å². The molecular weight excluding hydrogens is 510 g/mol. The Kier molecular flexibility index (Phi) is 6.52. The van der Waals surface area contributed by atoms with Gasteiger partial charge in [0, 0.05) is 18.2 Å². The minimum Gasteiger partial charge on any atom is -0.507 e. The Bertz CT molecular complexity index is 1780. The smallest absolute Gasteiger partial charge is 0.338 e. The number of carbonyl (C=O) groups is 1. The van der Waals surface area contributed by atoms with E-state index >= 15 is 0 Å². The van der Waals surface area contributed by atoms with E-state index < -0.39 is 16.9 Å². The molecule has 38 heavy (non-hydrogen) atoms. The van der Waals surface area contributed by atoms with Crippen LogP contribution in [0, 0.1) is 10.1 Å². The summed E-state index contributed by atoms with van der Waals surface area (Å²) in [5, 5.41) is 21.3. The highest BCUT2D eigenvalue weighted by molar-refractivity contribution is 7.07.